The molecule has 1 fully saturated rings. The van der Waals surface area contributed by atoms with Crippen LogP contribution in [0.3, 0.4) is 0 Å². The van der Waals surface area contributed by atoms with E-state index in [-0.39, 0.29) is 32.5 Å². The van der Waals surface area contributed by atoms with Crippen molar-refractivity contribution in [3.05, 3.63) is 27.2 Å². The number of primary sulfonamides is 1. The zero-order valence-electron chi connectivity index (χ0n) is 10.8. The van der Waals surface area contributed by atoms with Crippen LogP contribution in [0, 0.1) is 5.92 Å². The maximum Gasteiger partial charge on any atom is 0.339 e. The van der Waals surface area contributed by atoms with Gasteiger partial charge in [-0.2, -0.15) is 0 Å². The zero-order chi connectivity index (χ0) is 15.6. The first-order chi connectivity index (χ1) is 9.79. The summed E-state index contributed by atoms with van der Waals surface area (Å²) in [6, 6.07) is 2.41. The molecule has 6 nitrogen and oxygen atoms in total. The molecule has 2 N–H and O–H groups in total. The van der Waals surface area contributed by atoms with E-state index in [2.05, 4.69) is 15.9 Å². The number of hydrogen-bond donors (Lipinski definition) is 1. The lowest BCUT2D eigenvalue weighted by Crippen LogP contribution is -2.17. The first kappa shape index (κ1) is 16.7. The van der Waals surface area contributed by atoms with E-state index in [0.29, 0.717) is 13.2 Å². The van der Waals surface area contributed by atoms with Gasteiger partial charge in [-0.3, -0.25) is 0 Å². The Kier molecular flexibility index (Phi) is 5.26. The molecule has 116 valence electrons. The number of carbonyl (C=O) groups is 1. The Morgan fingerprint density at radius 1 is 1.52 bits per heavy atom. The number of rotatable bonds is 4. The predicted molar refractivity (Wildman–Crippen MR) is 79.7 cm³/mol. The topological polar surface area (TPSA) is 95.7 Å². The van der Waals surface area contributed by atoms with E-state index in [4.69, 9.17) is 26.2 Å². The highest BCUT2D eigenvalue weighted by molar-refractivity contribution is 9.10. The standard InChI is InChI=1S/C12H13BrClNO5S/c13-9-4-10(14)8(3-11(9)21(15,17)18)12(16)20-6-7-1-2-19-5-7/h3-4,7H,1-2,5-6H2,(H2,15,17,18). The highest BCUT2D eigenvalue weighted by Crippen LogP contribution is 2.29. The van der Waals surface area contributed by atoms with Crippen molar-refractivity contribution >= 4 is 43.5 Å². The van der Waals surface area contributed by atoms with E-state index in [0.717, 1.165) is 12.5 Å². The number of sulfonamides is 1. The minimum Gasteiger partial charge on any atom is -0.462 e. The second-order valence-corrected chi connectivity index (χ2v) is 7.43. The monoisotopic (exact) mass is 397 g/mol. The quantitative estimate of drug-likeness (QED) is 0.782. The van der Waals surface area contributed by atoms with Gasteiger partial charge in [0.2, 0.25) is 10.0 Å². The van der Waals surface area contributed by atoms with Crippen LogP contribution in [0.25, 0.3) is 0 Å². The number of esters is 1. The lowest BCUT2D eigenvalue weighted by Gasteiger charge is -2.11. The molecule has 2 rings (SSSR count). The van der Waals surface area contributed by atoms with Crippen molar-refractivity contribution < 1.29 is 22.7 Å². The van der Waals surface area contributed by atoms with Gasteiger partial charge in [0, 0.05) is 17.0 Å². The highest BCUT2D eigenvalue weighted by Gasteiger charge is 2.22. The van der Waals surface area contributed by atoms with Gasteiger partial charge in [-0.15, -0.1) is 0 Å². The molecule has 21 heavy (non-hydrogen) atoms. The lowest BCUT2D eigenvalue weighted by atomic mass is 10.1. The van der Waals surface area contributed by atoms with Crippen molar-refractivity contribution in [1.29, 1.82) is 0 Å². The van der Waals surface area contributed by atoms with Crippen LogP contribution in [-0.4, -0.2) is 34.2 Å². The Morgan fingerprint density at radius 3 is 2.81 bits per heavy atom. The Hall–Kier alpha value is -0.670. The van der Waals surface area contributed by atoms with Gasteiger partial charge in [0.15, 0.2) is 0 Å². The normalized spacial score (nSPS) is 18.7. The average molecular weight is 399 g/mol. The van der Waals surface area contributed by atoms with E-state index in [9.17, 15) is 13.2 Å². The van der Waals surface area contributed by atoms with Crippen LogP contribution in [-0.2, 0) is 19.5 Å². The Balaban J connectivity index is 2.20. The Morgan fingerprint density at radius 2 is 2.24 bits per heavy atom. The van der Waals surface area contributed by atoms with Crippen LogP contribution in [0.15, 0.2) is 21.5 Å². The van der Waals surface area contributed by atoms with E-state index in [1.165, 1.54) is 6.07 Å². The molecule has 0 aromatic heterocycles. The molecule has 0 spiro atoms. The summed E-state index contributed by atoms with van der Waals surface area (Å²) in [5.41, 5.74) is -0.0391. The first-order valence-electron chi connectivity index (χ1n) is 6.05. The number of nitrogens with two attached hydrogens (primary N) is 1. The first-order valence-corrected chi connectivity index (χ1v) is 8.77. The van der Waals surface area contributed by atoms with E-state index < -0.39 is 16.0 Å². The molecule has 0 amide bonds. The second-order valence-electron chi connectivity index (χ2n) is 4.64. The predicted octanol–water partition coefficient (Wildman–Crippen LogP) is 1.94. The molecule has 1 aliphatic rings. The molecule has 1 saturated heterocycles. The molecule has 1 aromatic rings. The van der Waals surface area contributed by atoms with E-state index >= 15 is 0 Å². The SMILES string of the molecule is NS(=O)(=O)c1cc(C(=O)OCC2CCOC2)c(Cl)cc1Br. The van der Waals surface area contributed by atoms with Gasteiger partial charge in [0.25, 0.3) is 0 Å². The van der Waals surface area contributed by atoms with Crippen LogP contribution in [0.4, 0.5) is 0 Å². The van der Waals surface area contributed by atoms with Gasteiger partial charge in [0.05, 0.1) is 28.7 Å². The number of benzene rings is 1. The molecule has 9 heteroatoms. The Bertz CT molecular complexity index is 658. The third-order valence-electron chi connectivity index (χ3n) is 3.02. The molecular formula is C12H13BrClNO5S. The maximum atomic E-state index is 12.0. The van der Waals surface area contributed by atoms with Gasteiger partial charge < -0.3 is 9.47 Å². The van der Waals surface area contributed by atoms with Gasteiger partial charge in [-0.05, 0) is 34.5 Å². The third kappa shape index (κ3) is 4.17. The summed E-state index contributed by atoms with van der Waals surface area (Å²) < 4.78 is 33.4. The van der Waals surface area contributed by atoms with Crippen molar-refractivity contribution in [3.8, 4) is 0 Å². The largest absolute Gasteiger partial charge is 0.462 e. The van der Waals surface area contributed by atoms with Crippen LogP contribution >= 0.6 is 27.5 Å². The highest BCUT2D eigenvalue weighted by atomic mass is 79.9. The maximum absolute atomic E-state index is 12.0. The molecule has 1 aliphatic heterocycles. The minimum atomic E-state index is -3.97. The fourth-order valence-electron chi connectivity index (χ4n) is 1.89. The van der Waals surface area contributed by atoms with Crippen LogP contribution in [0.1, 0.15) is 16.8 Å². The number of ether oxygens (including phenoxy) is 2. The average Bonchev–Trinajstić information content (AvgIpc) is 2.87. The van der Waals surface area contributed by atoms with Crippen molar-refractivity contribution in [2.45, 2.75) is 11.3 Å². The minimum absolute atomic E-state index is 0.0391. The van der Waals surface area contributed by atoms with Crippen LogP contribution in [0.5, 0.6) is 0 Å². The van der Waals surface area contributed by atoms with Gasteiger partial charge in [-0.1, -0.05) is 11.6 Å². The molecule has 0 radical (unpaired) electrons. The molecule has 1 heterocycles. The van der Waals surface area contributed by atoms with Crippen LogP contribution < -0.4 is 5.14 Å². The summed E-state index contributed by atoms with van der Waals surface area (Å²) >= 11 is 9.00. The summed E-state index contributed by atoms with van der Waals surface area (Å²) in [5.74, 6) is -0.537. The van der Waals surface area contributed by atoms with Gasteiger partial charge in [-0.25, -0.2) is 18.4 Å². The molecule has 1 aromatic carbocycles. The molecular weight excluding hydrogens is 386 g/mol. The lowest BCUT2D eigenvalue weighted by molar-refractivity contribution is 0.0428. The number of halogens is 2. The third-order valence-corrected chi connectivity index (χ3v) is 5.20. The van der Waals surface area contributed by atoms with Crippen molar-refractivity contribution in [2.75, 3.05) is 19.8 Å². The smallest absolute Gasteiger partial charge is 0.339 e. The fourth-order valence-corrected chi connectivity index (χ4v) is 3.90. The van der Waals surface area contributed by atoms with Crippen molar-refractivity contribution in [3.63, 3.8) is 0 Å². The van der Waals surface area contributed by atoms with E-state index in [1.807, 2.05) is 0 Å². The zero-order valence-corrected chi connectivity index (χ0v) is 14.0. The number of carbonyl (C=O) groups excluding carboxylic acids is 1. The molecule has 0 saturated carbocycles. The van der Waals surface area contributed by atoms with E-state index in [1.54, 1.807) is 0 Å². The summed E-state index contributed by atoms with van der Waals surface area (Å²) in [5, 5.41) is 5.17. The molecule has 0 aliphatic carbocycles. The molecule has 0 bridgehead atoms. The summed E-state index contributed by atoms with van der Waals surface area (Å²) in [4.78, 5) is 11.8. The fraction of sp³-hybridized carbons (Fsp3) is 0.417. The van der Waals surface area contributed by atoms with Gasteiger partial charge >= 0.3 is 5.97 Å². The summed E-state index contributed by atoms with van der Waals surface area (Å²) in [7, 11) is -3.97. The van der Waals surface area contributed by atoms with Crippen LogP contribution in [0.2, 0.25) is 5.02 Å². The molecule has 1 unspecified atom stereocenters. The Labute approximate surface area is 135 Å². The van der Waals surface area contributed by atoms with Gasteiger partial charge in [0.1, 0.15) is 0 Å². The summed E-state index contributed by atoms with van der Waals surface area (Å²) in [6.07, 6.45) is 0.823. The van der Waals surface area contributed by atoms with Crippen molar-refractivity contribution in [1.82, 2.24) is 0 Å². The number of hydrogen-bond acceptors (Lipinski definition) is 5. The molecule has 1 atom stereocenters. The van der Waals surface area contributed by atoms with Crippen molar-refractivity contribution in [2.24, 2.45) is 11.1 Å². The summed E-state index contributed by atoms with van der Waals surface area (Å²) in [6.45, 7) is 1.40. The second kappa shape index (κ2) is 6.62.